The lowest BCUT2D eigenvalue weighted by Crippen LogP contribution is -2.43. The molecule has 17 heavy (non-hydrogen) atoms. The molecule has 0 bridgehead atoms. The van der Waals surface area contributed by atoms with Gasteiger partial charge in [0.05, 0.1) is 12.0 Å². The third-order valence-corrected chi connectivity index (χ3v) is 4.09. The number of likely N-dealkylation sites (tertiary alicyclic amines) is 1. The smallest absolute Gasteiger partial charge is 0.310 e. The van der Waals surface area contributed by atoms with Crippen molar-refractivity contribution in [3.8, 4) is 0 Å². The summed E-state index contributed by atoms with van der Waals surface area (Å²) in [6.45, 7) is 8.50. The topological polar surface area (TPSA) is 49.8 Å². The number of aliphatic carboxylic acids is 1. The van der Waals surface area contributed by atoms with Crippen molar-refractivity contribution in [3.63, 3.8) is 0 Å². The zero-order valence-corrected chi connectivity index (χ0v) is 11.4. The average molecular weight is 243 g/mol. The maximum atomic E-state index is 11.4. The molecule has 0 saturated carbocycles. The number of hydrogen-bond acceptors (Lipinski definition) is 3. The molecule has 0 radical (unpaired) electrons. The normalized spacial score (nSPS) is 27.6. The monoisotopic (exact) mass is 243 g/mol. The molecule has 0 aromatic carbocycles. The van der Waals surface area contributed by atoms with Crippen LogP contribution in [0.15, 0.2) is 0 Å². The fraction of sp³-hybridized carbons (Fsp3) is 0.923. The van der Waals surface area contributed by atoms with Crippen molar-refractivity contribution < 1.29 is 14.6 Å². The van der Waals surface area contributed by atoms with Gasteiger partial charge >= 0.3 is 5.97 Å². The van der Waals surface area contributed by atoms with E-state index in [9.17, 15) is 9.90 Å². The number of rotatable bonds is 6. The Morgan fingerprint density at radius 3 is 2.53 bits per heavy atom. The number of carboxylic acid groups (broad SMARTS) is 1. The largest absolute Gasteiger partial charge is 0.481 e. The second-order valence-electron chi connectivity index (χ2n) is 5.43. The summed E-state index contributed by atoms with van der Waals surface area (Å²) in [7, 11) is 1.70. The SMILES string of the molecule is CCC1(C(=O)O)CCN(C(COC)C(C)C)C1. The van der Waals surface area contributed by atoms with Crippen LogP contribution in [0.5, 0.6) is 0 Å². The Hall–Kier alpha value is -0.610. The second-order valence-corrected chi connectivity index (χ2v) is 5.43. The Bertz CT molecular complexity index is 267. The third-order valence-electron chi connectivity index (χ3n) is 4.09. The molecule has 0 aromatic rings. The van der Waals surface area contributed by atoms with Crippen LogP contribution in [-0.2, 0) is 9.53 Å². The quantitative estimate of drug-likeness (QED) is 0.773. The first-order valence-corrected chi connectivity index (χ1v) is 6.43. The minimum Gasteiger partial charge on any atom is -0.481 e. The van der Waals surface area contributed by atoms with Gasteiger partial charge in [0, 0.05) is 19.7 Å². The number of ether oxygens (including phenoxy) is 1. The highest BCUT2D eigenvalue weighted by atomic mass is 16.5. The molecule has 1 rings (SSSR count). The highest BCUT2D eigenvalue weighted by Gasteiger charge is 2.45. The van der Waals surface area contributed by atoms with Gasteiger partial charge in [0.1, 0.15) is 0 Å². The van der Waals surface area contributed by atoms with E-state index in [0.717, 1.165) is 13.0 Å². The summed E-state index contributed by atoms with van der Waals surface area (Å²) in [5.41, 5.74) is -0.541. The fourth-order valence-corrected chi connectivity index (χ4v) is 2.69. The number of carbonyl (C=O) groups is 1. The summed E-state index contributed by atoms with van der Waals surface area (Å²) in [5.74, 6) is -0.168. The van der Waals surface area contributed by atoms with E-state index in [2.05, 4.69) is 18.7 Å². The molecule has 1 fully saturated rings. The van der Waals surface area contributed by atoms with Gasteiger partial charge in [0.25, 0.3) is 0 Å². The highest BCUT2D eigenvalue weighted by molar-refractivity contribution is 5.75. The molecular weight excluding hydrogens is 218 g/mol. The van der Waals surface area contributed by atoms with Gasteiger partial charge in [-0.2, -0.15) is 0 Å². The van der Waals surface area contributed by atoms with Gasteiger partial charge in [-0.05, 0) is 25.3 Å². The molecular formula is C13H25NO3. The standard InChI is InChI=1S/C13H25NO3/c1-5-13(12(15)16)6-7-14(9-13)11(8-17-4)10(2)3/h10-11H,5-9H2,1-4H3,(H,15,16). The molecule has 0 amide bonds. The van der Waals surface area contributed by atoms with Crippen LogP contribution >= 0.6 is 0 Å². The molecule has 1 saturated heterocycles. The van der Waals surface area contributed by atoms with Gasteiger partial charge in [-0.1, -0.05) is 20.8 Å². The Kier molecular flexibility index (Phi) is 4.95. The molecule has 4 nitrogen and oxygen atoms in total. The van der Waals surface area contributed by atoms with Crippen LogP contribution < -0.4 is 0 Å². The van der Waals surface area contributed by atoms with Gasteiger partial charge in [0.2, 0.25) is 0 Å². The Balaban J connectivity index is 2.73. The number of nitrogens with zero attached hydrogens (tertiary/aromatic N) is 1. The minimum absolute atomic E-state index is 0.327. The van der Waals surface area contributed by atoms with Gasteiger partial charge in [0.15, 0.2) is 0 Å². The van der Waals surface area contributed by atoms with Crippen LogP contribution in [0.25, 0.3) is 0 Å². The lowest BCUT2D eigenvalue weighted by Gasteiger charge is -2.32. The van der Waals surface area contributed by atoms with E-state index in [1.807, 2.05) is 6.92 Å². The van der Waals surface area contributed by atoms with Crippen LogP contribution in [0, 0.1) is 11.3 Å². The van der Waals surface area contributed by atoms with E-state index in [1.165, 1.54) is 0 Å². The lowest BCUT2D eigenvalue weighted by atomic mass is 9.84. The first-order valence-electron chi connectivity index (χ1n) is 6.43. The summed E-state index contributed by atoms with van der Waals surface area (Å²) >= 11 is 0. The van der Waals surface area contributed by atoms with Crippen LogP contribution in [0.2, 0.25) is 0 Å². The van der Waals surface area contributed by atoms with Gasteiger partial charge in [-0.3, -0.25) is 9.69 Å². The van der Waals surface area contributed by atoms with Crippen molar-refractivity contribution >= 4 is 5.97 Å². The van der Waals surface area contributed by atoms with Crippen LogP contribution in [0.4, 0.5) is 0 Å². The number of carboxylic acids is 1. The predicted octanol–water partition coefficient (Wildman–Crippen LogP) is 1.84. The number of methoxy groups -OCH3 is 1. The molecule has 0 aromatic heterocycles. The van der Waals surface area contributed by atoms with Crippen LogP contribution in [-0.4, -0.2) is 48.8 Å². The molecule has 4 heteroatoms. The second kappa shape index (κ2) is 5.83. The minimum atomic E-state index is -0.651. The summed E-state index contributed by atoms with van der Waals surface area (Å²) in [5, 5.41) is 9.37. The molecule has 2 unspecified atom stereocenters. The highest BCUT2D eigenvalue weighted by Crippen LogP contribution is 2.36. The van der Waals surface area contributed by atoms with Crippen LogP contribution in [0.3, 0.4) is 0 Å². The molecule has 1 aliphatic heterocycles. The van der Waals surface area contributed by atoms with E-state index in [1.54, 1.807) is 7.11 Å². The summed E-state index contributed by atoms with van der Waals surface area (Å²) in [6.07, 6.45) is 1.46. The molecule has 1 heterocycles. The Morgan fingerprint density at radius 2 is 2.18 bits per heavy atom. The maximum Gasteiger partial charge on any atom is 0.310 e. The Labute approximate surface area is 104 Å². The predicted molar refractivity (Wildman–Crippen MR) is 67.1 cm³/mol. The molecule has 1 aliphatic rings. The molecule has 100 valence electrons. The first kappa shape index (κ1) is 14.5. The van der Waals surface area contributed by atoms with Crippen molar-refractivity contribution in [2.75, 3.05) is 26.8 Å². The maximum absolute atomic E-state index is 11.4. The van der Waals surface area contributed by atoms with Crippen LogP contribution in [0.1, 0.15) is 33.6 Å². The van der Waals surface area contributed by atoms with Gasteiger partial charge < -0.3 is 9.84 Å². The van der Waals surface area contributed by atoms with Gasteiger partial charge in [-0.15, -0.1) is 0 Å². The summed E-state index contributed by atoms with van der Waals surface area (Å²) < 4.78 is 5.25. The number of hydrogen-bond donors (Lipinski definition) is 1. The Morgan fingerprint density at radius 1 is 1.53 bits per heavy atom. The average Bonchev–Trinajstić information content (AvgIpc) is 2.70. The molecule has 0 aliphatic carbocycles. The van der Waals surface area contributed by atoms with E-state index in [0.29, 0.717) is 31.5 Å². The van der Waals surface area contributed by atoms with Crippen molar-refractivity contribution in [3.05, 3.63) is 0 Å². The molecule has 1 N–H and O–H groups in total. The lowest BCUT2D eigenvalue weighted by molar-refractivity contribution is -0.148. The van der Waals surface area contributed by atoms with Crippen molar-refractivity contribution in [2.45, 2.75) is 39.7 Å². The van der Waals surface area contributed by atoms with E-state index >= 15 is 0 Å². The first-order chi connectivity index (χ1) is 7.96. The van der Waals surface area contributed by atoms with E-state index in [-0.39, 0.29) is 0 Å². The summed E-state index contributed by atoms with van der Waals surface area (Å²) in [4.78, 5) is 13.7. The van der Waals surface area contributed by atoms with Crippen molar-refractivity contribution in [2.24, 2.45) is 11.3 Å². The zero-order valence-electron chi connectivity index (χ0n) is 11.4. The van der Waals surface area contributed by atoms with E-state index < -0.39 is 11.4 Å². The molecule has 0 spiro atoms. The van der Waals surface area contributed by atoms with Crippen molar-refractivity contribution in [1.82, 2.24) is 4.90 Å². The van der Waals surface area contributed by atoms with E-state index in [4.69, 9.17) is 4.74 Å². The third kappa shape index (κ3) is 2.99. The van der Waals surface area contributed by atoms with Gasteiger partial charge in [-0.25, -0.2) is 0 Å². The summed E-state index contributed by atoms with van der Waals surface area (Å²) in [6, 6.07) is 0.327. The fourth-order valence-electron chi connectivity index (χ4n) is 2.69. The molecule has 2 atom stereocenters. The zero-order chi connectivity index (χ0) is 13.1. The van der Waals surface area contributed by atoms with Crippen molar-refractivity contribution in [1.29, 1.82) is 0 Å².